The van der Waals surface area contributed by atoms with Crippen molar-refractivity contribution >= 4 is 16.0 Å². The molecule has 1 saturated carbocycles. The van der Waals surface area contributed by atoms with E-state index in [4.69, 9.17) is 0 Å². The molecular formula is C14H16F3NO5S. The summed E-state index contributed by atoms with van der Waals surface area (Å²) in [5, 5.41) is 0. The molecule has 0 aromatic heterocycles. The van der Waals surface area contributed by atoms with Crippen LogP contribution in [0.4, 0.5) is 13.2 Å². The predicted octanol–water partition coefficient (Wildman–Crippen LogP) is 2.21. The Bertz CT molecular complexity index is 683. The van der Waals surface area contributed by atoms with Gasteiger partial charge in [0.15, 0.2) is 0 Å². The summed E-state index contributed by atoms with van der Waals surface area (Å²) in [5.41, 5.74) is 0. The van der Waals surface area contributed by atoms with Gasteiger partial charge in [0.05, 0.1) is 18.4 Å². The van der Waals surface area contributed by atoms with Gasteiger partial charge >= 0.3 is 12.3 Å². The van der Waals surface area contributed by atoms with Gasteiger partial charge in [0.2, 0.25) is 10.0 Å². The fourth-order valence-electron chi connectivity index (χ4n) is 2.15. The number of alkyl halides is 3. The van der Waals surface area contributed by atoms with Gasteiger partial charge in [0.25, 0.3) is 0 Å². The summed E-state index contributed by atoms with van der Waals surface area (Å²) in [6, 6.07) is 3.23. The molecule has 1 aromatic rings. The maximum Gasteiger partial charge on any atom is 0.573 e. The number of ether oxygens (including phenoxy) is 2. The average molecular weight is 367 g/mol. The van der Waals surface area contributed by atoms with E-state index in [0.717, 1.165) is 37.1 Å². The Balaban J connectivity index is 2.09. The highest BCUT2D eigenvalue weighted by molar-refractivity contribution is 7.89. The lowest BCUT2D eigenvalue weighted by Crippen LogP contribution is -2.38. The van der Waals surface area contributed by atoms with Crippen molar-refractivity contribution in [1.29, 1.82) is 0 Å². The van der Waals surface area contributed by atoms with Crippen molar-refractivity contribution in [3.8, 4) is 5.75 Å². The summed E-state index contributed by atoms with van der Waals surface area (Å²) in [5.74, 6) is -1.01. The third kappa shape index (κ3) is 5.38. The van der Waals surface area contributed by atoms with E-state index in [-0.39, 0.29) is 17.2 Å². The fraction of sp³-hybridized carbons (Fsp3) is 0.500. The molecule has 1 aromatic carbocycles. The van der Waals surface area contributed by atoms with E-state index in [9.17, 15) is 26.4 Å². The minimum atomic E-state index is -4.85. The van der Waals surface area contributed by atoms with Crippen molar-refractivity contribution in [2.75, 3.05) is 7.11 Å². The number of carbonyl (C=O) groups is 1. The smallest absolute Gasteiger partial charge is 0.469 e. The van der Waals surface area contributed by atoms with Gasteiger partial charge in [-0.15, -0.1) is 13.2 Å². The maximum absolute atomic E-state index is 12.3. The largest absolute Gasteiger partial charge is 0.573 e. The molecule has 0 spiro atoms. The highest BCUT2D eigenvalue weighted by Gasteiger charge is 2.36. The first kappa shape index (κ1) is 18.5. The molecule has 0 unspecified atom stereocenters. The van der Waals surface area contributed by atoms with Crippen LogP contribution < -0.4 is 9.46 Å². The number of hydrogen-bond donors (Lipinski definition) is 1. The molecule has 10 heteroatoms. The lowest BCUT2D eigenvalue weighted by Gasteiger charge is -2.17. The van der Waals surface area contributed by atoms with E-state index in [2.05, 4.69) is 14.2 Å². The van der Waals surface area contributed by atoms with Crippen molar-refractivity contribution in [1.82, 2.24) is 4.72 Å². The number of carbonyl (C=O) groups excluding carboxylic acids is 1. The maximum atomic E-state index is 12.3. The Morgan fingerprint density at radius 3 is 2.33 bits per heavy atom. The first-order valence-corrected chi connectivity index (χ1v) is 8.54. The van der Waals surface area contributed by atoms with Crippen LogP contribution in [0.2, 0.25) is 0 Å². The molecule has 0 saturated heterocycles. The lowest BCUT2D eigenvalue weighted by molar-refractivity contribution is -0.274. The van der Waals surface area contributed by atoms with Gasteiger partial charge in [-0.2, -0.15) is 0 Å². The third-order valence-electron chi connectivity index (χ3n) is 3.48. The van der Waals surface area contributed by atoms with Crippen LogP contribution >= 0.6 is 0 Å². The molecule has 134 valence electrons. The minimum absolute atomic E-state index is 0.0479. The average Bonchev–Trinajstić information content (AvgIpc) is 3.29. The van der Waals surface area contributed by atoms with Gasteiger partial charge in [-0.25, -0.2) is 13.1 Å². The van der Waals surface area contributed by atoms with Crippen LogP contribution in [0, 0.1) is 5.92 Å². The van der Waals surface area contributed by atoms with Gasteiger partial charge in [-0.05, 0) is 43.0 Å². The van der Waals surface area contributed by atoms with Crippen molar-refractivity contribution in [3.63, 3.8) is 0 Å². The van der Waals surface area contributed by atoms with Crippen molar-refractivity contribution in [2.45, 2.75) is 36.6 Å². The second-order valence-corrected chi connectivity index (χ2v) is 7.08. The molecular weight excluding hydrogens is 351 g/mol. The summed E-state index contributed by atoms with van der Waals surface area (Å²) in [6.45, 7) is 0. The van der Waals surface area contributed by atoms with E-state index in [0.29, 0.717) is 0 Å². The molecule has 0 aliphatic heterocycles. The molecule has 0 bridgehead atoms. The number of esters is 1. The molecule has 0 amide bonds. The highest BCUT2D eigenvalue weighted by atomic mass is 32.2. The second kappa shape index (κ2) is 6.98. The summed E-state index contributed by atoms with van der Waals surface area (Å²) in [4.78, 5) is 11.2. The molecule has 1 N–H and O–H groups in total. The zero-order valence-electron chi connectivity index (χ0n) is 12.7. The molecule has 2 rings (SSSR count). The number of benzene rings is 1. The first-order valence-electron chi connectivity index (χ1n) is 7.05. The van der Waals surface area contributed by atoms with E-state index < -0.39 is 34.1 Å². The van der Waals surface area contributed by atoms with Crippen LogP contribution in [0.15, 0.2) is 29.2 Å². The van der Waals surface area contributed by atoms with Gasteiger partial charge < -0.3 is 9.47 Å². The Labute approximate surface area is 137 Å². The van der Waals surface area contributed by atoms with Crippen LogP contribution in [0.3, 0.4) is 0 Å². The fourth-order valence-corrected chi connectivity index (χ4v) is 3.46. The third-order valence-corrected chi connectivity index (χ3v) is 4.99. The first-order chi connectivity index (χ1) is 11.1. The highest BCUT2D eigenvalue weighted by Crippen LogP contribution is 2.35. The van der Waals surface area contributed by atoms with Crippen LogP contribution in [-0.4, -0.2) is 33.9 Å². The molecule has 0 radical (unpaired) electrons. The summed E-state index contributed by atoms with van der Waals surface area (Å²) >= 11 is 0. The van der Waals surface area contributed by atoms with Crippen LogP contribution in [0.25, 0.3) is 0 Å². The van der Waals surface area contributed by atoms with Gasteiger partial charge in [0.1, 0.15) is 5.75 Å². The van der Waals surface area contributed by atoms with Crippen molar-refractivity contribution in [2.24, 2.45) is 5.92 Å². The summed E-state index contributed by atoms with van der Waals surface area (Å²) < 4.78 is 71.6. The number of sulfonamides is 1. The SMILES string of the molecule is COC(=O)C[C@@H](NS(=O)(=O)c1ccc(OC(F)(F)F)cc1)C1CC1. The van der Waals surface area contributed by atoms with Crippen LogP contribution in [0.5, 0.6) is 5.75 Å². The normalized spacial score (nSPS) is 16.5. The Hall–Kier alpha value is -1.81. The van der Waals surface area contributed by atoms with Gasteiger partial charge in [0, 0.05) is 6.04 Å². The van der Waals surface area contributed by atoms with Crippen molar-refractivity contribution in [3.05, 3.63) is 24.3 Å². The second-order valence-electron chi connectivity index (χ2n) is 5.36. The summed E-state index contributed by atoms with van der Waals surface area (Å²) in [6.07, 6.45) is -3.36. The van der Waals surface area contributed by atoms with Gasteiger partial charge in [-0.3, -0.25) is 4.79 Å². The quantitative estimate of drug-likeness (QED) is 0.748. The van der Waals surface area contributed by atoms with E-state index in [1.165, 1.54) is 7.11 Å². The predicted molar refractivity (Wildman–Crippen MR) is 76.6 cm³/mol. The number of halogens is 3. The monoisotopic (exact) mass is 367 g/mol. The van der Waals surface area contributed by atoms with Gasteiger partial charge in [-0.1, -0.05) is 0 Å². The van der Waals surface area contributed by atoms with Crippen molar-refractivity contribution < 1.29 is 35.9 Å². The van der Waals surface area contributed by atoms with E-state index >= 15 is 0 Å². The number of hydrogen-bond acceptors (Lipinski definition) is 5. The zero-order chi connectivity index (χ0) is 18.0. The Kier molecular flexibility index (Phi) is 5.38. The number of nitrogens with one attached hydrogen (secondary N) is 1. The number of methoxy groups -OCH3 is 1. The minimum Gasteiger partial charge on any atom is -0.469 e. The molecule has 1 atom stereocenters. The molecule has 1 aliphatic rings. The molecule has 6 nitrogen and oxygen atoms in total. The van der Waals surface area contributed by atoms with Crippen LogP contribution in [0.1, 0.15) is 19.3 Å². The zero-order valence-corrected chi connectivity index (χ0v) is 13.5. The summed E-state index contributed by atoms with van der Waals surface area (Å²) in [7, 11) is -2.76. The van der Waals surface area contributed by atoms with Crippen LogP contribution in [-0.2, 0) is 19.6 Å². The molecule has 24 heavy (non-hydrogen) atoms. The topological polar surface area (TPSA) is 81.7 Å². The molecule has 1 aliphatic carbocycles. The standard InChI is InChI=1S/C14H16F3NO5S/c1-22-13(19)8-12(9-2-3-9)18-24(20,21)11-6-4-10(5-7-11)23-14(15,16)17/h4-7,9,12,18H,2-3,8H2,1H3/t12-/m1/s1. The number of rotatable bonds is 7. The Morgan fingerprint density at radius 2 is 1.88 bits per heavy atom. The lowest BCUT2D eigenvalue weighted by atomic mass is 10.1. The molecule has 1 fully saturated rings. The Morgan fingerprint density at radius 1 is 1.29 bits per heavy atom. The molecule has 0 heterocycles. The van der Waals surface area contributed by atoms with E-state index in [1.54, 1.807) is 0 Å². The van der Waals surface area contributed by atoms with E-state index in [1.807, 2.05) is 0 Å².